The van der Waals surface area contributed by atoms with Crippen LogP contribution in [0.2, 0.25) is 0 Å². The third-order valence-corrected chi connectivity index (χ3v) is 4.56. The number of amides is 2. The molecule has 1 aromatic rings. The number of ether oxygens (including phenoxy) is 1. The number of morpholine rings is 1. The minimum absolute atomic E-state index is 0.00638. The van der Waals surface area contributed by atoms with E-state index in [-0.39, 0.29) is 29.8 Å². The minimum Gasteiger partial charge on any atom is -0.370 e. The largest absolute Gasteiger partial charge is 0.370 e. The molecule has 2 unspecified atom stereocenters. The van der Waals surface area contributed by atoms with Crippen molar-refractivity contribution in [2.24, 2.45) is 0 Å². The second-order valence-electron chi connectivity index (χ2n) is 6.07. The van der Waals surface area contributed by atoms with E-state index in [1.54, 1.807) is 21.9 Å². The summed E-state index contributed by atoms with van der Waals surface area (Å²) in [6.07, 6.45) is 1.33. The highest BCUT2D eigenvalue weighted by molar-refractivity contribution is 5.87. The third kappa shape index (κ3) is 3.37. The first-order chi connectivity index (χ1) is 11.1. The van der Waals surface area contributed by atoms with E-state index in [2.05, 4.69) is 0 Å². The van der Waals surface area contributed by atoms with Crippen molar-refractivity contribution in [1.29, 1.82) is 0 Å². The van der Waals surface area contributed by atoms with Crippen molar-refractivity contribution in [2.75, 3.05) is 26.2 Å². The molecule has 2 aliphatic heterocycles. The summed E-state index contributed by atoms with van der Waals surface area (Å²) in [7, 11) is 0. The summed E-state index contributed by atoms with van der Waals surface area (Å²) in [6.45, 7) is 3.57. The van der Waals surface area contributed by atoms with Gasteiger partial charge >= 0.3 is 0 Å². The first-order valence-corrected chi connectivity index (χ1v) is 7.99. The van der Waals surface area contributed by atoms with Crippen LogP contribution in [0.15, 0.2) is 24.3 Å². The molecular formula is C17H21FN2O3. The van der Waals surface area contributed by atoms with Crippen molar-refractivity contribution in [3.8, 4) is 0 Å². The Kier molecular flexibility index (Phi) is 4.61. The summed E-state index contributed by atoms with van der Waals surface area (Å²) in [5.74, 6) is -0.349. The van der Waals surface area contributed by atoms with Crippen LogP contribution in [0, 0.1) is 5.82 Å². The van der Waals surface area contributed by atoms with Crippen LogP contribution < -0.4 is 0 Å². The van der Waals surface area contributed by atoms with Gasteiger partial charge in [0.2, 0.25) is 11.8 Å². The van der Waals surface area contributed by atoms with E-state index in [0.717, 1.165) is 18.4 Å². The van der Waals surface area contributed by atoms with Gasteiger partial charge in [-0.2, -0.15) is 0 Å². The maximum Gasteiger partial charge on any atom is 0.245 e. The molecule has 2 atom stereocenters. The summed E-state index contributed by atoms with van der Waals surface area (Å²) in [5.41, 5.74) is 0.860. The summed E-state index contributed by atoms with van der Waals surface area (Å²) in [5, 5.41) is 0. The lowest BCUT2D eigenvalue weighted by Crippen LogP contribution is -2.51. The zero-order valence-corrected chi connectivity index (χ0v) is 13.2. The van der Waals surface area contributed by atoms with E-state index >= 15 is 0 Å². The number of carbonyl (C=O) groups is 2. The van der Waals surface area contributed by atoms with Crippen LogP contribution in [-0.2, 0) is 14.3 Å². The third-order valence-electron chi connectivity index (χ3n) is 4.56. The van der Waals surface area contributed by atoms with Gasteiger partial charge in [0.15, 0.2) is 0 Å². The van der Waals surface area contributed by atoms with Gasteiger partial charge in [-0.05, 0) is 30.5 Å². The molecule has 2 saturated heterocycles. The van der Waals surface area contributed by atoms with Crippen LogP contribution in [0.25, 0.3) is 0 Å². The highest BCUT2D eigenvalue weighted by atomic mass is 19.1. The molecule has 2 heterocycles. The van der Waals surface area contributed by atoms with Crippen LogP contribution in [-0.4, -0.2) is 53.9 Å². The lowest BCUT2D eigenvalue weighted by atomic mass is 10.1. The van der Waals surface area contributed by atoms with E-state index in [1.807, 2.05) is 0 Å². The van der Waals surface area contributed by atoms with Crippen LogP contribution >= 0.6 is 0 Å². The molecule has 2 fully saturated rings. The predicted octanol–water partition coefficient (Wildman–Crippen LogP) is 1.74. The number of benzene rings is 1. The van der Waals surface area contributed by atoms with Crippen LogP contribution in [0.1, 0.15) is 31.4 Å². The average molecular weight is 320 g/mol. The highest BCUT2D eigenvalue weighted by Gasteiger charge is 2.37. The summed E-state index contributed by atoms with van der Waals surface area (Å²) >= 11 is 0. The van der Waals surface area contributed by atoms with E-state index < -0.39 is 0 Å². The molecule has 23 heavy (non-hydrogen) atoms. The zero-order chi connectivity index (χ0) is 16.4. The first kappa shape index (κ1) is 15.9. The molecule has 3 rings (SSSR count). The number of halogens is 1. The Hall–Kier alpha value is -1.95. The van der Waals surface area contributed by atoms with Gasteiger partial charge in [-0.25, -0.2) is 4.39 Å². The number of hydrogen-bond acceptors (Lipinski definition) is 3. The SMILES string of the molecule is CC(=O)N1CCCC1C(=O)N1CCOC(c2ccc(F)cc2)C1. The quantitative estimate of drug-likeness (QED) is 0.834. The highest BCUT2D eigenvalue weighted by Crippen LogP contribution is 2.25. The smallest absolute Gasteiger partial charge is 0.245 e. The van der Waals surface area contributed by atoms with Crippen LogP contribution in [0.3, 0.4) is 0 Å². The molecule has 6 heteroatoms. The molecular weight excluding hydrogens is 299 g/mol. The van der Waals surface area contributed by atoms with Crippen molar-refractivity contribution in [2.45, 2.75) is 31.9 Å². The molecule has 2 amide bonds. The Labute approximate surface area is 135 Å². The van der Waals surface area contributed by atoms with Crippen molar-refractivity contribution in [3.63, 3.8) is 0 Å². The molecule has 0 aromatic heterocycles. The van der Waals surface area contributed by atoms with Crippen LogP contribution in [0.5, 0.6) is 0 Å². The number of likely N-dealkylation sites (tertiary alicyclic amines) is 1. The Balaban J connectivity index is 1.69. The maximum atomic E-state index is 13.0. The van der Waals surface area contributed by atoms with Crippen LogP contribution in [0.4, 0.5) is 4.39 Å². The molecule has 124 valence electrons. The van der Waals surface area contributed by atoms with Gasteiger partial charge < -0.3 is 14.5 Å². The van der Waals surface area contributed by atoms with Gasteiger partial charge in [-0.15, -0.1) is 0 Å². The Morgan fingerprint density at radius 2 is 1.96 bits per heavy atom. The van der Waals surface area contributed by atoms with E-state index in [0.29, 0.717) is 26.2 Å². The monoisotopic (exact) mass is 320 g/mol. The van der Waals surface area contributed by atoms with E-state index in [1.165, 1.54) is 19.1 Å². The molecule has 5 nitrogen and oxygen atoms in total. The standard InChI is InChI=1S/C17H21FN2O3/c1-12(21)20-8-2-3-15(20)17(22)19-9-10-23-16(11-19)13-4-6-14(18)7-5-13/h4-7,15-16H,2-3,8-11H2,1H3. The molecule has 0 radical (unpaired) electrons. The molecule has 0 spiro atoms. The Bertz CT molecular complexity index is 590. The Morgan fingerprint density at radius 3 is 2.65 bits per heavy atom. The lowest BCUT2D eigenvalue weighted by molar-refractivity contribution is -0.148. The number of nitrogens with zero attached hydrogens (tertiary/aromatic N) is 2. The van der Waals surface area contributed by atoms with Crippen molar-refractivity contribution in [3.05, 3.63) is 35.6 Å². The summed E-state index contributed by atoms with van der Waals surface area (Å²) < 4.78 is 18.8. The van der Waals surface area contributed by atoms with Gasteiger partial charge in [0.05, 0.1) is 13.2 Å². The topological polar surface area (TPSA) is 49.9 Å². The number of rotatable bonds is 2. The van der Waals surface area contributed by atoms with Gasteiger partial charge in [0.25, 0.3) is 0 Å². The van der Waals surface area contributed by atoms with Gasteiger partial charge in [-0.3, -0.25) is 9.59 Å². The fourth-order valence-corrected chi connectivity index (χ4v) is 3.34. The molecule has 1 aromatic carbocycles. The van der Waals surface area contributed by atoms with Gasteiger partial charge in [0, 0.05) is 20.0 Å². The Morgan fingerprint density at radius 1 is 1.22 bits per heavy atom. The number of carbonyl (C=O) groups excluding carboxylic acids is 2. The first-order valence-electron chi connectivity index (χ1n) is 7.99. The number of hydrogen-bond donors (Lipinski definition) is 0. The molecule has 0 saturated carbocycles. The summed E-state index contributed by atoms with van der Waals surface area (Å²) in [4.78, 5) is 27.8. The van der Waals surface area contributed by atoms with Crippen molar-refractivity contribution < 1.29 is 18.7 Å². The van der Waals surface area contributed by atoms with E-state index in [9.17, 15) is 14.0 Å². The molecule has 0 bridgehead atoms. The predicted molar refractivity (Wildman–Crippen MR) is 82.1 cm³/mol. The normalized spacial score (nSPS) is 24.8. The molecule has 2 aliphatic rings. The lowest BCUT2D eigenvalue weighted by Gasteiger charge is -2.36. The van der Waals surface area contributed by atoms with Crippen molar-refractivity contribution in [1.82, 2.24) is 9.80 Å². The zero-order valence-electron chi connectivity index (χ0n) is 13.2. The summed E-state index contributed by atoms with van der Waals surface area (Å²) in [6, 6.07) is 5.82. The van der Waals surface area contributed by atoms with Gasteiger partial charge in [0.1, 0.15) is 18.0 Å². The molecule has 0 N–H and O–H groups in total. The van der Waals surface area contributed by atoms with E-state index in [4.69, 9.17) is 4.74 Å². The molecule has 0 aliphatic carbocycles. The minimum atomic E-state index is -0.348. The fraction of sp³-hybridized carbons (Fsp3) is 0.529. The maximum absolute atomic E-state index is 13.0. The van der Waals surface area contributed by atoms with Gasteiger partial charge in [-0.1, -0.05) is 12.1 Å². The second-order valence-corrected chi connectivity index (χ2v) is 6.07. The van der Waals surface area contributed by atoms with Crippen molar-refractivity contribution >= 4 is 11.8 Å². The fourth-order valence-electron chi connectivity index (χ4n) is 3.34. The second kappa shape index (κ2) is 6.66. The average Bonchev–Trinajstić information content (AvgIpc) is 3.05.